The molecule has 96 valence electrons. The van der Waals surface area contributed by atoms with Gasteiger partial charge in [0.15, 0.2) is 0 Å². The SMILES string of the molecule is Cc1nc2c(c(NC3CC=CC3)n1)CCNCC2. The molecule has 1 aliphatic heterocycles. The van der Waals surface area contributed by atoms with Crippen molar-refractivity contribution in [2.24, 2.45) is 0 Å². The fourth-order valence-electron chi connectivity index (χ4n) is 2.72. The average Bonchev–Trinajstić information content (AvgIpc) is 2.73. The lowest BCUT2D eigenvalue weighted by Gasteiger charge is -2.17. The lowest BCUT2D eigenvalue weighted by Crippen LogP contribution is -2.19. The predicted octanol–water partition coefficient (Wildman–Crippen LogP) is 1.60. The minimum absolute atomic E-state index is 0.514. The van der Waals surface area contributed by atoms with E-state index in [1.165, 1.54) is 11.3 Å². The predicted molar refractivity (Wildman–Crippen MR) is 72.8 cm³/mol. The number of hydrogen-bond donors (Lipinski definition) is 2. The zero-order chi connectivity index (χ0) is 12.4. The van der Waals surface area contributed by atoms with Crippen molar-refractivity contribution in [1.29, 1.82) is 0 Å². The Morgan fingerprint density at radius 3 is 2.78 bits per heavy atom. The topological polar surface area (TPSA) is 49.8 Å². The molecule has 4 heteroatoms. The number of anilines is 1. The van der Waals surface area contributed by atoms with Crippen LogP contribution in [-0.4, -0.2) is 29.1 Å². The number of hydrogen-bond acceptors (Lipinski definition) is 4. The average molecular weight is 244 g/mol. The molecule has 0 unspecified atom stereocenters. The van der Waals surface area contributed by atoms with Crippen LogP contribution in [0.2, 0.25) is 0 Å². The van der Waals surface area contributed by atoms with Crippen LogP contribution < -0.4 is 10.6 Å². The third-order valence-electron chi connectivity index (χ3n) is 3.64. The third-order valence-corrected chi connectivity index (χ3v) is 3.64. The minimum Gasteiger partial charge on any atom is -0.366 e. The van der Waals surface area contributed by atoms with E-state index in [1.807, 2.05) is 6.92 Å². The first kappa shape index (κ1) is 11.7. The second-order valence-corrected chi connectivity index (χ2v) is 5.08. The highest BCUT2D eigenvalue weighted by Gasteiger charge is 2.18. The Morgan fingerprint density at radius 1 is 1.17 bits per heavy atom. The molecular weight excluding hydrogens is 224 g/mol. The van der Waals surface area contributed by atoms with Crippen LogP contribution in [0.25, 0.3) is 0 Å². The molecule has 0 saturated carbocycles. The molecule has 1 aromatic rings. The van der Waals surface area contributed by atoms with E-state index in [1.54, 1.807) is 0 Å². The highest BCUT2D eigenvalue weighted by Crippen LogP contribution is 2.23. The van der Waals surface area contributed by atoms with E-state index in [9.17, 15) is 0 Å². The van der Waals surface area contributed by atoms with E-state index >= 15 is 0 Å². The van der Waals surface area contributed by atoms with E-state index in [-0.39, 0.29) is 0 Å². The molecule has 3 rings (SSSR count). The molecule has 0 aromatic carbocycles. The van der Waals surface area contributed by atoms with Crippen LogP contribution >= 0.6 is 0 Å². The number of nitrogens with zero attached hydrogens (tertiary/aromatic N) is 2. The van der Waals surface area contributed by atoms with E-state index in [2.05, 4.69) is 32.8 Å². The van der Waals surface area contributed by atoms with Gasteiger partial charge in [0.05, 0.1) is 5.69 Å². The standard InChI is InChI=1S/C14H20N4/c1-10-16-13-7-9-15-8-6-12(13)14(17-10)18-11-4-2-3-5-11/h2-3,11,15H,4-9H2,1H3,(H,16,17,18). The summed E-state index contributed by atoms with van der Waals surface area (Å²) in [6, 6.07) is 0.514. The minimum atomic E-state index is 0.514. The summed E-state index contributed by atoms with van der Waals surface area (Å²) in [5.74, 6) is 1.94. The van der Waals surface area contributed by atoms with Crippen molar-refractivity contribution < 1.29 is 0 Å². The second-order valence-electron chi connectivity index (χ2n) is 5.08. The zero-order valence-corrected chi connectivity index (χ0v) is 10.9. The Balaban J connectivity index is 1.89. The monoisotopic (exact) mass is 244 g/mol. The van der Waals surface area contributed by atoms with Crippen LogP contribution in [0, 0.1) is 6.92 Å². The number of aromatic nitrogens is 2. The molecule has 2 heterocycles. The molecule has 18 heavy (non-hydrogen) atoms. The van der Waals surface area contributed by atoms with Crippen molar-refractivity contribution in [3.05, 3.63) is 29.2 Å². The summed E-state index contributed by atoms with van der Waals surface area (Å²) in [6.45, 7) is 4.03. The number of aryl methyl sites for hydroxylation is 1. The van der Waals surface area contributed by atoms with Gasteiger partial charge in [0.2, 0.25) is 0 Å². The van der Waals surface area contributed by atoms with Crippen molar-refractivity contribution in [1.82, 2.24) is 15.3 Å². The lowest BCUT2D eigenvalue weighted by molar-refractivity contribution is 0.708. The van der Waals surface area contributed by atoms with E-state index in [0.717, 1.165) is 50.4 Å². The summed E-state index contributed by atoms with van der Waals surface area (Å²) in [7, 11) is 0. The highest BCUT2D eigenvalue weighted by molar-refractivity contribution is 5.48. The van der Waals surface area contributed by atoms with Crippen LogP contribution in [0.5, 0.6) is 0 Å². The third kappa shape index (κ3) is 2.38. The van der Waals surface area contributed by atoms with Gasteiger partial charge in [0, 0.05) is 24.6 Å². The Morgan fingerprint density at radius 2 is 1.94 bits per heavy atom. The zero-order valence-electron chi connectivity index (χ0n) is 10.9. The fraction of sp³-hybridized carbons (Fsp3) is 0.571. The van der Waals surface area contributed by atoms with Crippen molar-refractivity contribution in [2.75, 3.05) is 18.4 Å². The summed E-state index contributed by atoms with van der Waals surface area (Å²) in [4.78, 5) is 9.22. The van der Waals surface area contributed by atoms with Crippen molar-refractivity contribution in [3.63, 3.8) is 0 Å². The van der Waals surface area contributed by atoms with Crippen LogP contribution in [0.4, 0.5) is 5.82 Å². The number of nitrogens with one attached hydrogen (secondary N) is 2. The van der Waals surface area contributed by atoms with Gasteiger partial charge < -0.3 is 10.6 Å². The van der Waals surface area contributed by atoms with Gasteiger partial charge in [-0.3, -0.25) is 0 Å². The van der Waals surface area contributed by atoms with Gasteiger partial charge in [-0.25, -0.2) is 9.97 Å². The molecule has 0 radical (unpaired) electrons. The van der Waals surface area contributed by atoms with Crippen molar-refractivity contribution in [3.8, 4) is 0 Å². The molecule has 0 spiro atoms. The first-order valence-electron chi connectivity index (χ1n) is 6.81. The summed E-state index contributed by atoms with van der Waals surface area (Å²) >= 11 is 0. The van der Waals surface area contributed by atoms with Gasteiger partial charge >= 0.3 is 0 Å². The first-order chi connectivity index (χ1) is 8.83. The molecule has 0 fully saturated rings. The van der Waals surface area contributed by atoms with Crippen LogP contribution in [0.3, 0.4) is 0 Å². The largest absolute Gasteiger partial charge is 0.366 e. The van der Waals surface area contributed by atoms with Gasteiger partial charge in [-0.2, -0.15) is 0 Å². The smallest absolute Gasteiger partial charge is 0.133 e. The molecule has 0 bridgehead atoms. The van der Waals surface area contributed by atoms with Crippen molar-refractivity contribution in [2.45, 2.75) is 38.6 Å². The van der Waals surface area contributed by atoms with E-state index in [4.69, 9.17) is 0 Å². The Hall–Kier alpha value is -1.42. The summed E-state index contributed by atoms with van der Waals surface area (Å²) < 4.78 is 0. The molecule has 4 nitrogen and oxygen atoms in total. The number of rotatable bonds is 2. The summed E-state index contributed by atoms with van der Waals surface area (Å²) in [6.07, 6.45) is 8.73. The Bertz CT molecular complexity index is 459. The Kier molecular flexibility index (Phi) is 3.28. The van der Waals surface area contributed by atoms with Gasteiger partial charge in [0.25, 0.3) is 0 Å². The second kappa shape index (κ2) is 5.06. The highest BCUT2D eigenvalue weighted by atomic mass is 15.1. The molecular formula is C14H20N4. The number of fused-ring (bicyclic) bond motifs is 1. The van der Waals surface area contributed by atoms with Crippen LogP contribution in [-0.2, 0) is 12.8 Å². The van der Waals surface area contributed by atoms with Gasteiger partial charge in [-0.15, -0.1) is 0 Å². The molecule has 0 saturated heterocycles. The van der Waals surface area contributed by atoms with Crippen LogP contribution in [0.15, 0.2) is 12.2 Å². The summed E-state index contributed by atoms with van der Waals surface area (Å²) in [5, 5.41) is 7.02. The molecule has 1 aromatic heterocycles. The summed E-state index contributed by atoms with van der Waals surface area (Å²) in [5.41, 5.74) is 2.54. The van der Waals surface area contributed by atoms with Gasteiger partial charge in [0.1, 0.15) is 11.6 Å². The molecule has 2 aliphatic rings. The lowest BCUT2D eigenvalue weighted by atomic mass is 10.1. The maximum Gasteiger partial charge on any atom is 0.133 e. The maximum absolute atomic E-state index is 4.61. The maximum atomic E-state index is 4.61. The van der Waals surface area contributed by atoms with Gasteiger partial charge in [-0.1, -0.05) is 12.2 Å². The normalized spacial score (nSPS) is 19.6. The fourth-order valence-corrected chi connectivity index (χ4v) is 2.72. The van der Waals surface area contributed by atoms with Gasteiger partial charge in [-0.05, 0) is 32.7 Å². The molecule has 1 aliphatic carbocycles. The first-order valence-corrected chi connectivity index (χ1v) is 6.81. The molecule has 2 N–H and O–H groups in total. The van der Waals surface area contributed by atoms with E-state index in [0.29, 0.717) is 6.04 Å². The van der Waals surface area contributed by atoms with E-state index < -0.39 is 0 Å². The van der Waals surface area contributed by atoms with Crippen LogP contribution in [0.1, 0.15) is 29.9 Å². The van der Waals surface area contributed by atoms with Crippen molar-refractivity contribution >= 4 is 5.82 Å². The Labute approximate surface area is 108 Å². The molecule has 0 amide bonds. The molecule has 0 atom stereocenters. The quantitative estimate of drug-likeness (QED) is 0.776.